The van der Waals surface area contributed by atoms with E-state index in [1.54, 1.807) is 0 Å². The molecule has 0 fully saturated rings. The van der Waals surface area contributed by atoms with Gasteiger partial charge in [-0.3, -0.25) is 0 Å². The molecule has 0 aliphatic rings. The molecule has 0 aliphatic heterocycles. The molecule has 1 heteroatoms. The number of hydrogen-bond acceptors (Lipinski definition) is 0. The number of fused-ring (bicyclic) bond motifs is 3. The van der Waals surface area contributed by atoms with E-state index in [1.807, 2.05) is 0 Å². The maximum absolute atomic E-state index is 3.54. The van der Waals surface area contributed by atoms with Crippen LogP contribution in [0.3, 0.4) is 0 Å². The molecule has 1 heterocycles. The van der Waals surface area contributed by atoms with Gasteiger partial charge in [0, 0.05) is 16.6 Å². The van der Waals surface area contributed by atoms with Crippen LogP contribution in [0.5, 0.6) is 0 Å². The number of benzene rings is 2. The molecule has 0 spiro atoms. The van der Waals surface area contributed by atoms with Crippen molar-refractivity contribution in [1.82, 2.24) is 4.98 Å². The predicted molar refractivity (Wildman–Crippen MR) is 84.0 cm³/mol. The van der Waals surface area contributed by atoms with E-state index in [2.05, 4.69) is 69.1 Å². The molecule has 1 aromatic heterocycles. The van der Waals surface area contributed by atoms with E-state index in [1.165, 1.54) is 32.9 Å². The van der Waals surface area contributed by atoms with Gasteiger partial charge < -0.3 is 4.98 Å². The quantitative estimate of drug-likeness (QED) is 0.613. The van der Waals surface area contributed by atoms with Crippen molar-refractivity contribution in [3.8, 4) is 0 Å². The Kier molecular flexibility index (Phi) is 2.85. The summed E-state index contributed by atoms with van der Waals surface area (Å²) in [6, 6.07) is 13.4. The highest BCUT2D eigenvalue weighted by Crippen LogP contribution is 2.32. The van der Waals surface area contributed by atoms with E-state index in [9.17, 15) is 0 Å². The third-order valence-electron chi connectivity index (χ3n) is 3.96. The molecule has 1 nitrogen and oxygen atoms in total. The first-order chi connectivity index (χ1) is 9.08. The zero-order chi connectivity index (χ0) is 13.6. The maximum atomic E-state index is 3.54. The molecule has 19 heavy (non-hydrogen) atoms. The van der Waals surface area contributed by atoms with Crippen LogP contribution in [0.1, 0.15) is 50.8 Å². The zero-order valence-electron chi connectivity index (χ0n) is 12.1. The number of nitrogens with one attached hydrogen (secondary N) is 1. The highest BCUT2D eigenvalue weighted by atomic mass is 14.7. The topological polar surface area (TPSA) is 15.8 Å². The Hall–Kier alpha value is -1.76. The van der Waals surface area contributed by atoms with Gasteiger partial charge in [0.2, 0.25) is 0 Å². The van der Waals surface area contributed by atoms with E-state index in [0.29, 0.717) is 11.8 Å². The van der Waals surface area contributed by atoms with Gasteiger partial charge in [-0.05, 0) is 40.3 Å². The van der Waals surface area contributed by atoms with Gasteiger partial charge in [0.05, 0.1) is 0 Å². The third-order valence-corrected chi connectivity index (χ3v) is 3.96. The lowest BCUT2D eigenvalue weighted by Gasteiger charge is -2.10. The first-order valence-corrected chi connectivity index (χ1v) is 7.12. The summed E-state index contributed by atoms with van der Waals surface area (Å²) in [5.41, 5.74) is 4.00. The van der Waals surface area contributed by atoms with Crippen LogP contribution >= 0.6 is 0 Å². The van der Waals surface area contributed by atoms with E-state index >= 15 is 0 Å². The molecule has 3 aromatic rings. The Labute approximate surface area is 114 Å². The van der Waals surface area contributed by atoms with Crippen LogP contribution in [-0.2, 0) is 0 Å². The third kappa shape index (κ3) is 1.94. The lowest BCUT2D eigenvalue weighted by Crippen LogP contribution is -1.89. The summed E-state index contributed by atoms with van der Waals surface area (Å²) in [7, 11) is 0. The first kappa shape index (κ1) is 12.3. The lowest BCUT2D eigenvalue weighted by atomic mass is 9.94. The highest BCUT2D eigenvalue weighted by Gasteiger charge is 2.10. The molecular formula is C18H21N. The fourth-order valence-electron chi connectivity index (χ4n) is 2.83. The Morgan fingerprint density at radius 2 is 1.58 bits per heavy atom. The maximum Gasteiger partial charge on any atom is 0.0462 e. The second kappa shape index (κ2) is 4.41. The first-order valence-electron chi connectivity index (χ1n) is 7.12. The van der Waals surface area contributed by atoms with Crippen LogP contribution in [0.4, 0.5) is 0 Å². The minimum absolute atomic E-state index is 0.538. The smallest absolute Gasteiger partial charge is 0.0462 e. The molecular weight excluding hydrogens is 230 g/mol. The van der Waals surface area contributed by atoms with Gasteiger partial charge in [0.15, 0.2) is 0 Å². The molecule has 3 rings (SSSR count). The normalized spacial score (nSPS) is 12.1. The van der Waals surface area contributed by atoms with E-state index in [-0.39, 0.29) is 0 Å². The monoisotopic (exact) mass is 251 g/mol. The van der Waals surface area contributed by atoms with Gasteiger partial charge >= 0.3 is 0 Å². The zero-order valence-corrected chi connectivity index (χ0v) is 12.1. The van der Waals surface area contributed by atoms with Gasteiger partial charge in [-0.2, -0.15) is 0 Å². The average Bonchev–Trinajstić information content (AvgIpc) is 2.82. The Balaban J connectivity index is 2.37. The van der Waals surface area contributed by atoms with Crippen LogP contribution in [0.25, 0.3) is 21.7 Å². The highest BCUT2D eigenvalue weighted by molar-refractivity contribution is 6.08. The molecule has 0 saturated heterocycles. The molecule has 0 amide bonds. The second-order valence-corrected chi connectivity index (χ2v) is 6.00. The molecule has 0 unspecified atom stereocenters. The Morgan fingerprint density at radius 3 is 2.26 bits per heavy atom. The minimum Gasteiger partial charge on any atom is -0.358 e. The summed E-state index contributed by atoms with van der Waals surface area (Å²) in [6.45, 7) is 8.98. The molecule has 2 aromatic carbocycles. The van der Waals surface area contributed by atoms with Crippen LogP contribution in [-0.4, -0.2) is 4.98 Å². The average molecular weight is 251 g/mol. The van der Waals surface area contributed by atoms with Crippen LogP contribution in [0.2, 0.25) is 0 Å². The van der Waals surface area contributed by atoms with Crippen LogP contribution in [0.15, 0.2) is 36.4 Å². The molecule has 0 atom stereocenters. The summed E-state index contributed by atoms with van der Waals surface area (Å²) >= 11 is 0. The van der Waals surface area contributed by atoms with Gasteiger partial charge in [0.25, 0.3) is 0 Å². The van der Waals surface area contributed by atoms with E-state index in [0.717, 1.165) is 0 Å². The summed E-state index contributed by atoms with van der Waals surface area (Å²) < 4.78 is 0. The van der Waals surface area contributed by atoms with Gasteiger partial charge in [-0.15, -0.1) is 0 Å². The number of aromatic nitrogens is 1. The summed E-state index contributed by atoms with van der Waals surface area (Å²) in [4.78, 5) is 3.54. The van der Waals surface area contributed by atoms with Gasteiger partial charge in [0.1, 0.15) is 0 Å². The van der Waals surface area contributed by atoms with Crippen molar-refractivity contribution >= 4 is 21.7 Å². The Morgan fingerprint density at radius 1 is 0.789 bits per heavy atom. The SMILES string of the molecule is CC(C)c1cc2c(ccc3c(C(C)C)cccc32)[nH]1. The van der Waals surface area contributed by atoms with Crippen molar-refractivity contribution in [2.24, 2.45) is 0 Å². The van der Waals surface area contributed by atoms with Crippen molar-refractivity contribution in [1.29, 1.82) is 0 Å². The standard InChI is InChI=1S/C18H21N/c1-11(2)13-6-5-7-14-15(13)8-9-17-16(14)10-18(19-17)12(3)4/h5-12,19H,1-4H3. The molecule has 1 N–H and O–H groups in total. The largest absolute Gasteiger partial charge is 0.358 e. The van der Waals surface area contributed by atoms with E-state index in [4.69, 9.17) is 0 Å². The van der Waals surface area contributed by atoms with Gasteiger partial charge in [-0.25, -0.2) is 0 Å². The van der Waals surface area contributed by atoms with Crippen molar-refractivity contribution in [2.45, 2.75) is 39.5 Å². The number of rotatable bonds is 2. The summed E-state index contributed by atoms with van der Waals surface area (Å²) in [5.74, 6) is 1.10. The van der Waals surface area contributed by atoms with Crippen LogP contribution < -0.4 is 0 Å². The minimum atomic E-state index is 0.538. The fraction of sp³-hybridized carbons (Fsp3) is 0.333. The Bertz CT molecular complexity index is 732. The summed E-state index contributed by atoms with van der Waals surface area (Å²) in [6.07, 6.45) is 0. The van der Waals surface area contributed by atoms with Crippen molar-refractivity contribution < 1.29 is 0 Å². The second-order valence-electron chi connectivity index (χ2n) is 6.00. The summed E-state index contributed by atoms with van der Waals surface area (Å²) in [5, 5.41) is 4.11. The molecule has 0 radical (unpaired) electrons. The molecule has 98 valence electrons. The lowest BCUT2D eigenvalue weighted by molar-refractivity contribution is 0.836. The van der Waals surface area contributed by atoms with Crippen molar-refractivity contribution in [2.75, 3.05) is 0 Å². The van der Waals surface area contributed by atoms with Crippen LogP contribution in [0, 0.1) is 0 Å². The molecule has 0 saturated carbocycles. The fourth-order valence-corrected chi connectivity index (χ4v) is 2.83. The number of H-pyrrole nitrogens is 1. The number of aromatic amines is 1. The van der Waals surface area contributed by atoms with Crippen molar-refractivity contribution in [3.05, 3.63) is 47.7 Å². The number of hydrogen-bond donors (Lipinski definition) is 1. The predicted octanol–water partition coefficient (Wildman–Crippen LogP) is 5.57. The van der Waals surface area contributed by atoms with Crippen molar-refractivity contribution in [3.63, 3.8) is 0 Å². The van der Waals surface area contributed by atoms with Gasteiger partial charge in [-0.1, -0.05) is 52.0 Å². The van der Waals surface area contributed by atoms with E-state index < -0.39 is 0 Å². The molecule has 0 bridgehead atoms. The molecule has 0 aliphatic carbocycles.